The van der Waals surface area contributed by atoms with E-state index in [0.717, 1.165) is 17.8 Å². The van der Waals surface area contributed by atoms with Gasteiger partial charge in [-0.3, -0.25) is 9.48 Å². The predicted molar refractivity (Wildman–Crippen MR) is 73.7 cm³/mol. The fourth-order valence-electron chi connectivity index (χ4n) is 1.77. The summed E-state index contributed by atoms with van der Waals surface area (Å²) in [5.74, 6) is 0.422. The van der Waals surface area contributed by atoms with Crippen molar-refractivity contribution in [3.63, 3.8) is 0 Å². The summed E-state index contributed by atoms with van der Waals surface area (Å²) in [5, 5.41) is 4.91. The maximum atomic E-state index is 11.9. The Hall–Kier alpha value is -0.870. The van der Waals surface area contributed by atoms with Crippen LogP contribution in [0.4, 0.5) is 0 Å². The molecule has 0 aliphatic heterocycles. The molecular weight excluding hydrogens is 250 g/mol. The van der Waals surface area contributed by atoms with Crippen LogP contribution < -0.4 is 5.73 Å². The van der Waals surface area contributed by atoms with Gasteiger partial charge < -0.3 is 5.73 Å². The van der Waals surface area contributed by atoms with Gasteiger partial charge in [-0.25, -0.2) is 0 Å². The summed E-state index contributed by atoms with van der Waals surface area (Å²) >= 11 is 6.21. The summed E-state index contributed by atoms with van der Waals surface area (Å²) in [7, 11) is 1.82. The molecule has 0 saturated heterocycles. The van der Waals surface area contributed by atoms with E-state index in [0.29, 0.717) is 23.8 Å². The number of carbonyl (C=O) groups excluding carboxylic acids is 1. The van der Waals surface area contributed by atoms with Crippen LogP contribution in [0.15, 0.2) is 0 Å². The number of aromatic nitrogens is 2. The summed E-state index contributed by atoms with van der Waals surface area (Å²) in [6.07, 6.45) is 1.47. The second-order valence-corrected chi connectivity index (χ2v) is 5.39. The van der Waals surface area contributed by atoms with Crippen LogP contribution in [0.25, 0.3) is 0 Å². The number of aryl methyl sites for hydroxylation is 2. The molecule has 0 aromatic carbocycles. The fraction of sp³-hybridized carbons (Fsp3) is 0.692. The van der Waals surface area contributed by atoms with Crippen molar-refractivity contribution in [2.24, 2.45) is 18.7 Å². The Labute approximate surface area is 113 Å². The van der Waals surface area contributed by atoms with Crippen molar-refractivity contribution in [1.29, 1.82) is 0 Å². The van der Waals surface area contributed by atoms with E-state index >= 15 is 0 Å². The largest absolute Gasteiger partial charge is 0.327 e. The number of hydrogen-bond acceptors (Lipinski definition) is 3. The summed E-state index contributed by atoms with van der Waals surface area (Å²) in [4.78, 5) is 11.9. The van der Waals surface area contributed by atoms with Crippen LogP contribution >= 0.6 is 11.6 Å². The van der Waals surface area contributed by atoms with Crippen LogP contribution in [0, 0.1) is 5.92 Å². The third-order valence-electron chi connectivity index (χ3n) is 3.19. The molecule has 0 aliphatic rings. The Bertz CT molecular complexity index is 426. The highest BCUT2D eigenvalue weighted by atomic mass is 35.5. The summed E-state index contributed by atoms with van der Waals surface area (Å²) in [5.41, 5.74) is 7.53. The van der Waals surface area contributed by atoms with Crippen LogP contribution in [0.1, 0.15) is 38.6 Å². The van der Waals surface area contributed by atoms with Crippen LogP contribution in [-0.2, 0) is 24.7 Å². The van der Waals surface area contributed by atoms with Gasteiger partial charge in [0.05, 0.1) is 16.4 Å². The fourth-order valence-corrected chi connectivity index (χ4v) is 2.13. The van der Waals surface area contributed by atoms with E-state index in [-0.39, 0.29) is 11.8 Å². The molecule has 0 amide bonds. The van der Waals surface area contributed by atoms with Gasteiger partial charge in [0.15, 0.2) is 0 Å². The highest BCUT2D eigenvalue weighted by Gasteiger charge is 2.18. The quantitative estimate of drug-likeness (QED) is 0.862. The van der Waals surface area contributed by atoms with Crippen LogP contribution in [0.2, 0.25) is 5.02 Å². The zero-order valence-electron chi connectivity index (χ0n) is 11.5. The highest BCUT2D eigenvalue weighted by molar-refractivity contribution is 6.32. The molecule has 18 heavy (non-hydrogen) atoms. The van der Waals surface area contributed by atoms with E-state index in [4.69, 9.17) is 17.3 Å². The number of carbonyl (C=O) groups is 1. The zero-order chi connectivity index (χ0) is 13.9. The monoisotopic (exact) mass is 271 g/mol. The number of nitrogens with zero attached hydrogens (tertiary/aromatic N) is 2. The smallest absolute Gasteiger partial charge is 0.140 e. The van der Waals surface area contributed by atoms with Gasteiger partial charge >= 0.3 is 0 Å². The molecule has 5 heteroatoms. The van der Waals surface area contributed by atoms with Crippen molar-refractivity contribution < 1.29 is 4.79 Å². The summed E-state index contributed by atoms with van der Waals surface area (Å²) in [6.45, 7) is 6.03. The lowest BCUT2D eigenvalue weighted by atomic mass is 9.98. The van der Waals surface area contributed by atoms with Gasteiger partial charge in [-0.1, -0.05) is 32.4 Å². The molecule has 1 aromatic heterocycles. The third kappa shape index (κ3) is 3.56. The van der Waals surface area contributed by atoms with Gasteiger partial charge in [0.25, 0.3) is 0 Å². The average molecular weight is 272 g/mol. The lowest BCUT2D eigenvalue weighted by Crippen LogP contribution is -2.30. The lowest BCUT2D eigenvalue weighted by molar-refractivity contribution is -0.119. The molecule has 1 atom stereocenters. The minimum atomic E-state index is -0.0878. The van der Waals surface area contributed by atoms with Crippen LogP contribution in [0.5, 0.6) is 0 Å². The molecule has 1 unspecified atom stereocenters. The minimum Gasteiger partial charge on any atom is -0.327 e. The molecule has 0 radical (unpaired) electrons. The molecule has 0 aliphatic carbocycles. The van der Waals surface area contributed by atoms with Crippen LogP contribution in [0.3, 0.4) is 0 Å². The van der Waals surface area contributed by atoms with Crippen molar-refractivity contribution in [1.82, 2.24) is 9.78 Å². The Morgan fingerprint density at radius 3 is 2.56 bits per heavy atom. The van der Waals surface area contributed by atoms with Gasteiger partial charge in [-0.2, -0.15) is 5.10 Å². The van der Waals surface area contributed by atoms with E-state index in [1.54, 1.807) is 4.68 Å². The first-order chi connectivity index (χ1) is 8.36. The summed E-state index contributed by atoms with van der Waals surface area (Å²) < 4.78 is 1.69. The van der Waals surface area contributed by atoms with E-state index in [9.17, 15) is 4.79 Å². The highest BCUT2D eigenvalue weighted by Crippen LogP contribution is 2.22. The molecular formula is C13H22ClN3O. The Balaban J connectivity index is 2.73. The van der Waals surface area contributed by atoms with Crippen molar-refractivity contribution in [2.75, 3.05) is 0 Å². The normalized spacial score (nSPS) is 13.1. The maximum Gasteiger partial charge on any atom is 0.140 e. The summed E-state index contributed by atoms with van der Waals surface area (Å²) in [6, 6.07) is -0.0878. The van der Waals surface area contributed by atoms with Gasteiger partial charge in [0.1, 0.15) is 5.78 Å². The van der Waals surface area contributed by atoms with Crippen molar-refractivity contribution in [2.45, 2.75) is 46.1 Å². The molecule has 1 rings (SSSR count). The first-order valence-electron chi connectivity index (χ1n) is 6.34. The van der Waals surface area contributed by atoms with Gasteiger partial charge in [0, 0.05) is 25.9 Å². The third-order valence-corrected chi connectivity index (χ3v) is 3.62. The number of hydrogen-bond donors (Lipinski definition) is 1. The number of Topliss-reactive ketones (excluding diaryl/α,β-unsaturated/α-hetero) is 1. The first kappa shape index (κ1) is 15.2. The van der Waals surface area contributed by atoms with Crippen LogP contribution in [-0.4, -0.2) is 21.6 Å². The molecule has 102 valence electrons. The number of rotatable bonds is 6. The molecule has 0 bridgehead atoms. The predicted octanol–water partition coefficient (Wildman–Crippen LogP) is 2.12. The zero-order valence-corrected chi connectivity index (χ0v) is 12.3. The maximum absolute atomic E-state index is 11.9. The average Bonchev–Trinajstić information content (AvgIpc) is 2.56. The van der Waals surface area contributed by atoms with E-state index in [1.807, 2.05) is 27.8 Å². The topological polar surface area (TPSA) is 60.9 Å². The van der Waals surface area contributed by atoms with E-state index in [2.05, 4.69) is 5.10 Å². The molecule has 2 N–H and O–H groups in total. The van der Waals surface area contributed by atoms with Crippen molar-refractivity contribution in [3.8, 4) is 0 Å². The van der Waals surface area contributed by atoms with E-state index in [1.165, 1.54) is 0 Å². The van der Waals surface area contributed by atoms with E-state index < -0.39 is 0 Å². The number of halogens is 1. The first-order valence-corrected chi connectivity index (χ1v) is 6.72. The van der Waals surface area contributed by atoms with Crippen molar-refractivity contribution in [3.05, 3.63) is 16.4 Å². The minimum absolute atomic E-state index is 0.0878. The second kappa shape index (κ2) is 6.34. The molecule has 1 aromatic rings. The SMILES string of the molecule is CCc1nn(C)c(CC(=O)CC(N)C(C)C)c1Cl. The number of ketones is 1. The van der Waals surface area contributed by atoms with Gasteiger partial charge in [0.2, 0.25) is 0 Å². The molecule has 0 spiro atoms. The molecule has 0 saturated carbocycles. The number of nitrogens with two attached hydrogens (primary N) is 1. The molecule has 1 heterocycles. The lowest BCUT2D eigenvalue weighted by Gasteiger charge is -2.14. The Morgan fingerprint density at radius 2 is 2.11 bits per heavy atom. The molecule has 0 fully saturated rings. The van der Waals surface area contributed by atoms with Gasteiger partial charge in [-0.15, -0.1) is 0 Å². The molecule has 4 nitrogen and oxygen atoms in total. The Kier molecular flexibility index (Phi) is 5.35. The van der Waals surface area contributed by atoms with Crippen molar-refractivity contribution >= 4 is 17.4 Å². The standard InChI is InChI=1S/C13H22ClN3O/c1-5-11-13(14)12(17(4)16-11)7-9(18)6-10(15)8(2)3/h8,10H,5-7,15H2,1-4H3. The second-order valence-electron chi connectivity index (χ2n) is 5.01. The Morgan fingerprint density at radius 1 is 1.50 bits per heavy atom. The van der Waals surface area contributed by atoms with Gasteiger partial charge in [-0.05, 0) is 12.3 Å².